The maximum atomic E-state index is 11.5. The third-order valence-electron chi connectivity index (χ3n) is 4.24. The van der Waals surface area contributed by atoms with Crippen molar-refractivity contribution in [3.63, 3.8) is 0 Å². The summed E-state index contributed by atoms with van der Waals surface area (Å²) in [7, 11) is 0. The molecular weight excluding hydrogens is 240 g/mol. The fraction of sp³-hybridized carbons (Fsp3) is 0.933. The molecule has 0 aromatic heterocycles. The summed E-state index contributed by atoms with van der Waals surface area (Å²) >= 11 is 0. The quantitative estimate of drug-likeness (QED) is 0.774. The van der Waals surface area contributed by atoms with Gasteiger partial charge in [0, 0.05) is 18.6 Å². The number of piperidine rings is 1. The highest BCUT2D eigenvalue weighted by Gasteiger charge is 2.24. The van der Waals surface area contributed by atoms with Crippen LogP contribution in [0.5, 0.6) is 0 Å². The maximum Gasteiger partial charge on any atom is 0.320 e. The Hall–Kier alpha value is -0.610. The molecule has 1 saturated heterocycles. The molecule has 110 valence electrons. The van der Waals surface area contributed by atoms with Gasteiger partial charge in [-0.25, -0.2) is 0 Å². The molecule has 1 unspecified atom stereocenters. The largest absolute Gasteiger partial charge is 0.465 e. The molecule has 0 radical (unpaired) electrons. The van der Waals surface area contributed by atoms with E-state index in [4.69, 9.17) is 4.74 Å². The average molecular weight is 268 g/mol. The summed E-state index contributed by atoms with van der Waals surface area (Å²) in [5.41, 5.74) is 0. The van der Waals surface area contributed by atoms with E-state index in [0.717, 1.165) is 13.1 Å². The van der Waals surface area contributed by atoms with Crippen LogP contribution in [-0.2, 0) is 9.53 Å². The molecule has 0 bridgehead atoms. The van der Waals surface area contributed by atoms with Gasteiger partial charge in [0.15, 0.2) is 0 Å². The normalized spacial score (nSPS) is 26.3. The maximum absolute atomic E-state index is 11.5. The van der Waals surface area contributed by atoms with E-state index in [-0.39, 0.29) is 5.97 Å². The lowest BCUT2D eigenvalue weighted by Crippen LogP contribution is -2.50. The summed E-state index contributed by atoms with van der Waals surface area (Å²) in [6.45, 7) is 4.83. The van der Waals surface area contributed by atoms with E-state index in [2.05, 4.69) is 10.2 Å². The summed E-state index contributed by atoms with van der Waals surface area (Å²) in [4.78, 5) is 13.8. The first-order chi connectivity index (χ1) is 9.28. The fourth-order valence-corrected chi connectivity index (χ4v) is 3.33. The van der Waals surface area contributed by atoms with Crippen LogP contribution in [0, 0.1) is 0 Å². The SMILES string of the molecule is CCOC(=O)CN1CCCC(NC2CCCCC2)C1. The molecule has 0 amide bonds. The van der Waals surface area contributed by atoms with Crippen LogP contribution in [0.25, 0.3) is 0 Å². The number of likely N-dealkylation sites (tertiary alicyclic amines) is 1. The second-order valence-electron chi connectivity index (χ2n) is 5.88. The molecule has 0 spiro atoms. The van der Waals surface area contributed by atoms with Crippen molar-refractivity contribution in [2.45, 2.75) is 64.0 Å². The minimum absolute atomic E-state index is 0.0826. The molecule has 2 aliphatic rings. The first-order valence-corrected chi connectivity index (χ1v) is 7.92. The van der Waals surface area contributed by atoms with Crippen molar-refractivity contribution in [2.75, 3.05) is 26.2 Å². The van der Waals surface area contributed by atoms with Gasteiger partial charge >= 0.3 is 5.97 Å². The van der Waals surface area contributed by atoms with Crippen molar-refractivity contribution < 1.29 is 9.53 Å². The molecular formula is C15H28N2O2. The zero-order valence-corrected chi connectivity index (χ0v) is 12.2. The second-order valence-corrected chi connectivity index (χ2v) is 5.88. The molecule has 1 N–H and O–H groups in total. The van der Waals surface area contributed by atoms with E-state index >= 15 is 0 Å². The molecule has 4 heteroatoms. The number of hydrogen-bond donors (Lipinski definition) is 1. The molecule has 19 heavy (non-hydrogen) atoms. The summed E-state index contributed by atoms with van der Waals surface area (Å²) in [5.74, 6) is -0.0826. The molecule has 1 heterocycles. The predicted molar refractivity (Wildman–Crippen MR) is 76.1 cm³/mol. The third-order valence-corrected chi connectivity index (χ3v) is 4.24. The molecule has 1 saturated carbocycles. The van der Waals surface area contributed by atoms with Gasteiger partial charge in [-0.05, 0) is 39.2 Å². The van der Waals surface area contributed by atoms with Gasteiger partial charge in [-0.2, -0.15) is 0 Å². The van der Waals surface area contributed by atoms with E-state index < -0.39 is 0 Å². The molecule has 2 fully saturated rings. The van der Waals surface area contributed by atoms with Crippen molar-refractivity contribution in [1.82, 2.24) is 10.2 Å². The van der Waals surface area contributed by atoms with Gasteiger partial charge in [0.2, 0.25) is 0 Å². The molecule has 4 nitrogen and oxygen atoms in total. The van der Waals surface area contributed by atoms with Crippen molar-refractivity contribution in [2.24, 2.45) is 0 Å². The third kappa shape index (κ3) is 5.11. The van der Waals surface area contributed by atoms with Crippen molar-refractivity contribution in [1.29, 1.82) is 0 Å². The van der Waals surface area contributed by atoms with E-state index in [0.29, 0.717) is 25.2 Å². The lowest BCUT2D eigenvalue weighted by atomic mass is 9.94. The van der Waals surface area contributed by atoms with Gasteiger partial charge in [-0.3, -0.25) is 9.69 Å². The van der Waals surface area contributed by atoms with E-state index in [1.54, 1.807) is 0 Å². The smallest absolute Gasteiger partial charge is 0.320 e. The van der Waals surface area contributed by atoms with Crippen LogP contribution in [-0.4, -0.2) is 49.2 Å². The summed E-state index contributed by atoms with van der Waals surface area (Å²) in [6.07, 6.45) is 9.23. The first-order valence-electron chi connectivity index (χ1n) is 7.92. The van der Waals surface area contributed by atoms with Gasteiger partial charge in [-0.1, -0.05) is 19.3 Å². The Bertz CT molecular complexity index is 277. The predicted octanol–water partition coefficient (Wildman–Crippen LogP) is 1.94. The zero-order chi connectivity index (χ0) is 13.5. The number of ether oxygens (including phenoxy) is 1. The van der Waals surface area contributed by atoms with Crippen molar-refractivity contribution in [3.8, 4) is 0 Å². The second kappa shape index (κ2) is 7.85. The molecule has 0 aromatic rings. The van der Waals surface area contributed by atoms with Gasteiger partial charge in [0.1, 0.15) is 0 Å². The van der Waals surface area contributed by atoms with Crippen molar-refractivity contribution in [3.05, 3.63) is 0 Å². The fourth-order valence-electron chi connectivity index (χ4n) is 3.33. The molecule has 0 aromatic carbocycles. The number of carbonyl (C=O) groups excluding carboxylic acids is 1. The Kier molecular flexibility index (Phi) is 6.11. The Morgan fingerprint density at radius 1 is 1.16 bits per heavy atom. The highest BCUT2D eigenvalue weighted by Crippen LogP contribution is 2.19. The van der Waals surface area contributed by atoms with E-state index in [1.807, 2.05) is 6.92 Å². The molecule has 1 aliphatic carbocycles. The summed E-state index contributed by atoms with van der Waals surface area (Å²) in [6, 6.07) is 1.27. The Labute approximate surface area is 116 Å². The van der Waals surface area contributed by atoms with Crippen LogP contribution in [0.4, 0.5) is 0 Å². The molecule has 2 rings (SSSR count). The molecule has 1 aliphatic heterocycles. The average Bonchev–Trinajstić information content (AvgIpc) is 2.40. The number of carbonyl (C=O) groups is 1. The highest BCUT2D eigenvalue weighted by molar-refractivity contribution is 5.71. The monoisotopic (exact) mass is 268 g/mol. The number of nitrogens with zero attached hydrogens (tertiary/aromatic N) is 1. The van der Waals surface area contributed by atoms with Gasteiger partial charge in [-0.15, -0.1) is 0 Å². The lowest BCUT2D eigenvalue weighted by Gasteiger charge is -2.35. The first kappa shape index (κ1) is 14.8. The standard InChI is InChI=1S/C15H28N2O2/c1-2-19-15(18)12-17-10-6-9-14(11-17)16-13-7-4-3-5-8-13/h13-14,16H,2-12H2,1H3. The van der Waals surface area contributed by atoms with Gasteiger partial charge < -0.3 is 10.1 Å². The minimum Gasteiger partial charge on any atom is -0.465 e. The Morgan fingerprint density at radius 2 is 1.89 bits per heavy atom. The Morgan fingerprint density at radius 3 is 2.63 bits per heavy atom. The van der Waals surface area contributed by atoms with Crippen LogP contribution in [0.15, 0.2) is 0 Å². The highest BCUT2D eigenvalue weighted by atomic mass is 16.5. The summed E-state index contributed by atoms with van der Waals surface area (Å²) < 4.78 is 5.03. The minimum atomic E-state index is -0.0826. The van der Waals surface area contributed by atoms with Crippen LogP contribution in [0.3, 0.4) is 0 Å². The number of rotatable bonds is 5. The van der Waals surface area contributed by atoms with Crippen LogP contribution in [0.2, 0.25) is 0 Å². The van der Waals surface area contributed by atoms with Crippen molar-refractivity contribution >= 4 is 5.97 Å². The van der Waals surface area contributed by atoms with Gasteiger partial charge in [0.05, 0.1) is 13.2 Å². The molecule has 1 atom stereocenters. The van der Waals surface area contributed by atoms with Crippen LogP contribution in [0.1, 0.15) is 51.9 Å². The number of nitrogens with one attached hydrogen (secondary N) is 1. The van der Waals surface area contributed by atoms with Crippen LogP contribution >= 0.6 is 0 Å². The Balaban J connectivity index is 1.71. The van der Waals surface area contributed by atoms with E-state index in [9.17, 15) is 4.79 Å². The summed E-state index contributed by atoms with van der Waals surface area (Å²) in [5, 5.41) is 3.80. The zero-order valence-electron chi connectivity index (χ0n) is 12.2. The van der Waals surface area contributed by atoms with Crippen LogP contribution < -0.4 is 5.32 Å². The van der Waals surface area contributed by atoms with Gasteiger partial charge in [0.25, 0.3) is 0 Å². The number of esters is 1. The lowest BCUT2D eigenvalue weighted by molar-refractivity contribution is -0.144. The topological polar surface area (TPSA) is 41.6 Å². The number of hydrogen-bond acceptors (Lipinski definition) is 4. The van der Waals surface area contributed by atoms with E-state index in [1.165, 1.54) is 44.9 Å².